The quantitative estimate of drug-likeness (QED) is 0.824. The number of nitrogens with zero attached hydrogens (tertiary/aromatic N) is 1. The molecule has 27 heavy (non-hydrogen) atoms. The first kappa shape index (κ1) is 19.4. The number of aromatic hydroxyl groups is 1. The van der Waals surface area contributed by atoms with Gasteiger partial charge in [0.25, 0.3) is 5.91 Å². The van der Waals surface area contributed by atoms with Crippen LogP contribution in [-0.2, 0) is 16.4 Å². The molecule has 0 aliphatic carbocycles. The monoisotopic (exact) mass is 388 g/mol. The van der Waals surface area contributed by atoms with Crippen LogP contribution in [0.4, 0.5) is 0 Å². The van der Waals surface area contributed by atoms with E-state index < -0.39 is 10.0 Å². The van der Waals surface area contributed by atoms with Gasteiger partial charge in [0.05, 0.1) is 10.5 Å². The summed E-state index contributed by atoms with van der Waals surface area (Å²) in [4.78, 5) is 14.4. The van der Waals surface area contributed by atoms with Crippen molar-refractivity contribution in [2.45, 2.75) is 37.1 Å². The van der Waals surface area contributed by atoms with Gasteiger partial charge in [-0.15, -0.1) is 0 Å². The molecule has 2 N–H and O–H groups in total. The molecular weight excluding hydrogens is 364 g/mol. The number of likely N-dealkylation sites (tertiary alicyclic amines) is 1. The van der Waals surface area contributed by atoms with Gasteiger partial charge < -0.3 is 10.0 Å². The molecule has 2 aromatic carbocycles. The van der Waals surface area contributed by atoms with Crippen molar-refractivity contribution >= 4 is 15.9 Å². The van der Waals surface area contributed by atoms with E-state index in [4.69, 9.17) is 0 Å². The number of piperidine rings is 1. The smallest absolute Gasteiger partial charge is 0.257 e. The first-order valence-electron chi connectivity index (χ1n) is 9.09. The van der Waals surface area contributed by atoms with Crippen molar-refractivity contribution in [1.82, 2.24) is 9.62 Å². The van der Waals surface area contributed by atoms with Gasteiger partial charge >= 0.3 is 0 Å². The average Bonchev–Trinajstić information content (AvgIpc) is 2.68. The third-order valence-corrected chi connectivity index (χ3v) is 6.42. The van der Waals surface area contributed by atoms with Crippen LogP contribution in [0, 0.1) is 0 Å². The van der Waals surface area contributed by atoms with Gasteiger partial charge in [-0.25, -0.2) is 13.1 Å². The number of carbonyl (C=O) groups excluding carboxylic acids is 1. The van der Waals surface area contributed by atoms with Gasteiger partial charge in [-0.2, -0.15) is 0 Å². The lowest BCUT2D eigenvalue weighted by molar-refractivity contribution is 0.0708. The first-order valence-corrected chi connectivity index (χ1v) is 10.6. The number of phenols is 1. The molecule has 1 amide bonds. The molecule has 2 aromatic rings. The Morgan fingerprint density at radius 2 is 1.74 bits per heavy atom. The molecule has 0 unspecified atom stereocenters. The fraction of sp³-hybridized carbons (Fsp3) is 0.350. The van der Waals surface area contributed by atoms with Crippen molar-refractivity contribution in [3.05, 3.63) is 59.7 Å². The summed E-state index contributed by atoms with van der Waals surface area (Å²) in [5.74, 6) is -0.273. The number of hydrogen-bond acceptors (Lipinski definition) is 4. The standard InChI is InChI=1S/C20H24N2O4S/c1-2-15-7-9-17(10-8-15)27(25,26)21-16-11-13-22(14-12-16)20(24)18-5-3-4-6-19(18)23/h3-10,16,21,23H,2,11-14H2,1H3. The molecule has 6 nitrogen and oxygen atoms in total. The molecule has 7 heteroatoms. The molecule has 0 aromatic heterocycles. The summed E-state index contributed by atoms with van der Waals surface area (Å²) in [5.41, 5.74) is 1.36. The van der Waals surface area contributed by atoms with Crippen LogP contribution in [0.5, 0.6) is 5.75 Å². The maximum Gasteiger partial charge on any atom is 0.257 e. The second kappa shape index (κ2) is 8.10. The summed E-state index contributed by atoms with van der Waals surface area (Å²) in [6, 6.07) is 13.1. The molecule has 1 heterocycles. The van der Waals surface area contributed by atoms with Crippen molar-refractivity contribution in [2.24, 2.45) is 0 Å². The van der Waals surface area contributed by atoms with E-state index in [9.17, 15) is 18.3 Å². The fourth-order valence-electron chi connectivity index (χ4n) is 3.22. The minimum absolute atomic E-state index is 0.0409. The van der Waals surface area contributed by atoms with E-state index in [0.717, 1.165) is 12.0 Å². The van der Waals surface area contributed by atoms with Crippen molar-refractivity contribution in [3.63, 3.8) is 0 Å². The van der Waals surface area contributed by atoms with Gasteiger partial charge in [-0.05, 0) is 49.1 Å². The van der Waals surface area contributed by atoms with Crippen LogP contribution >= 0.6 is 0 Å². The number of nitrogens with one attached hydrogen (secondary N) is 1. The Labute approximate surface area is 159 Å². The van der Waals surface area contributed by atoms with Crippen molar-refractivity contribution < 1.29 is 18.3 Å². The minimum Gasteiger partial charge on any atom is -0.507 e. The van der Waals surface area contributed by atoms with E-state index in [-0.39, 0.29) is 28.2 Å². The van der Waals surface area contributed by atoms with Crippen LogP contribution in [0.25, 0.3) is 0 Å². The molecule has 1 fully saturated rings. The molecule has 1 aliphatic rings. The van der Waals surface area contributed by atoms with Gasteiger partial charge in [0.2, 0.25) is 10.0 Å². The summed E-state index contributed by atoms with van der Waals surface area (Å²) < 4.78 is 27.9. The Balaban J connectivity index is 1.60. The van der Waals surface area contributed by atoms with Gasteiger partial charge in [0.15, 0.2) is 0 Å². The molecular formula is C20H24N2O4S. The molecule has 1 aliphatic heterocycles. The molecule has 0 atom stereocenters. The molecule has 0 radical (unpaired) electrons. The Hall–Kier alpha value is -2.38. The molecule has 0 saturated carbocycles. The summed E-state index contributed by atoms with van der Waals surface area (Å²) in [5, 5.41) is 9.84. The molecule has 144 valence electrons. The molecule has 3 rings (SSSR count). The fourth-order valence-corrected chi connectivity index (χ4v) is 4.52. The van der Waals surface area contributed by atoms with E-state index >= 15 is 0 Å². The van der Waals surface area contributed by atoms with Crippen LogP contribution in [0.2, 0.25) is 0 Å². The summed E-state index contributed by atoms with van der Waals surface area (Å²) in [7, 11) is -3.57. The van der Waals surface area contributed by atoms with Crippen LogP contribution in [0.15, 0.2) is 53.4 Å². The second-order valence-electron chi connectivity index (χ2n) is 6.70. The third kappa shape index (κ3) is 4.48. The zero-order valence-electron chi connectivity index (χ0n) is 15.3. The average molecular weight is 388 g/mol. The first-order chi connectivity index (χ1) is 12.9. The van der Waals surface area contributed by atoms with Crippen molar-refractivity contribution in [3.8, 4) is 5.75 Å². The maximum absolute atomic E-state index is 12.6. The predicted octanol–water partition coefficient (Wildman–Crippen LogP) is 2.54. The summed E-state index contributed by atoms with van der Waals surface area (Å²) in [6.07, 6.45) is 1.93. The topological polar surface area (TPSA) is 86.7 Å². The second-order valence-corrected chi connectivity index (χ2v) is 8.42. The Kier molecular flexibility index (Phi) is 5.82. The third-order valence-electron chi connectivity index (χ3n) is 4.88. The molecule has 0 spiro atoms. The lowest BCUT2D eigenvalue weighted by atomic mass is 10.0. The van der Waals surface area contributed by atoms with E-state index in [2.05, 4.69) is 4.72 Å². The highest BCUT2D eigenvalue weighted by atomic mass is 32.2. The number of benzene rings is 2. The Bertz CT molecular complexity index is 902. The number of amides is 1. The lowest BCUT2D eigenvalue weighted by Gasteiger charge is -2.32. The largest absolute Gasteiger partial charge is 0.507 e. The zero-order chi connectivity index (χ0) is 19.4. The number of rotatable bonds is 5. The minimum atomic E-state index is -3.57. The van der Waals surface area contributed by atoms with Gasteiger partial charge in [-0.1, -0.05) is 31.2 Å². The van der Waals surface area contributed by atoms with Crippen LogP contribution in [-0.4, -0.2) is 43.5 Å². The van der Waals surface area contributed by atoms with Gasteiger partial charge in [0.1, 0.15) is 5.75 Å². The summed E-state index contributed by atoms with van der Waals surface area (Å²) >= 11 is 0. The highest BCUT2D eigenvalue weighted by Gasteiger charge is 2.28. The van der Waals surface area contributed by atoms with Crippen LogP contribution in [0.1, 0.15) is 35.7 Å². The normalized spacial score (nSPS) is 15.7. The predicted molar refractivity (Wildman–Crippen MR) is 103 cm³/mol. The highest BCUT2D eigenvalue weighted by Crippen LogP contribution is 2.21. The zero-order valence-corrected chi connectivity index (χ0v) is 16.1. The number of para-hydroxylation sites is 1. The lowest BCUT2D eigenvalue weighted by Crippen LogP contribution is -2.46. The highest BCUT2D eigenvalue weighted by molar-refractivity contribution is 7.89. The number of phenolic OH excluding ortho intramolecular Hbond substituents is 1. The summed E-state index contributed by atoms with van der Waals surface area (Å²) in [6.45, 7) is 2.90. The number of sulfonamides is 1. The van der Waals surface area contributed by atoms with Crippen LogP contribution in [0.3, 0.4) is 0 Å². The number of hydrogen-bond donors (Lipinski definition) is 2. The van der Waals surface area contributed by atoms with E-state index in [1.54, 1.807) is 35.2 Å². The Morgan fingerprint density at radius 1 is 1.11 bits per heavy atom. The van der Waals surface area contributed by atoms with Crippen molar-refractivity contribution in [1.29, 1.82) is 0 Å². The van der Waals surface area contributed by atoms with Crippen molar-refractivity contribution in [2.75, 3.05) is 13.1 Å². The van der Waals surface area contributed by atoms with E-state index in [0.29, 0.717) is 25.9 Å². The van der Waals surface area contributed by atoms with Gasteiger partial charge in [-0.3, -0.25) is 4.79 Å². The molecule has 0 bridgehead atoms. The number of carbonyl (C=O) groups is 1. The Morgan fingerprint density at radius 3 is 2.33 bits per heavy atom. The molecule has 1 saturated heterocycles. The van der Waals surface area contributed by atoms with Gasteiger partial charge in [0, 0.05) is 19.1 Å². The maximum atomic E-state index is 12.6. The van der Waals surface area contributed by atoms with E-state index in [1.165, 1.54) is 6.07 Å². The number of aryl methyl sites for hydroxylation is 1. The van der Waals surface area contributed by atoms with E-state index in [1.807, 2.05) is 19.1 Å². The SMILES string of the molecule is CCc1ccc(S(=O)(=O)NC2CCN(C(=O)c3ccccc3O)CC2)cc1. The van der Waals surface area contributed by atoms with Crippen LogP contribution < -0.4 is 4.72 Å².